The van der Waals surface area contributed by atoms with E-state index in [1.165, 1.54) is 7.11 Å². The summed E-state index contributed by atoms with van der Waals surface area (Å²) in [6, 6.07) is 11.8. The van der Waals surface area contributed by atoms with Crippen LogP contribution < -0.4 is 14.8 Å². The second-order valence-corrected chi connectivity index (χ2v) is 7.37. The molecule has 0 radical (unpaired) electrons. The van der Waals surface area contributed by atoms with Crippen molar-refractivity contribution in [2.75, 3.05) is 20.2 Å². The van der Waals surface area contributed by atoms with Crippen LogP contribution in [0.4, 0.5) is 0 Å². The zero-order chi connectivity index (χ0) is 18.4. The maximum atomic E-state index is 12.3. The summed E-state index contributed by atoms with van der Waals surface area (Å²) in [5.74, 6) is 0.151. The van der Waals surface area contributed by atoms with Gasteiger partial charge in [-0.05, 0) is 49.2 Å². The number of amides is 1. The van der Waals surface area contributed by atoms with Gasteiger partial charge in [-0.25, -0.2) is 13.1 Å². The van der Waals surface area contributed by atoms with Crippen LogP contribution in [-0.4, -0.2) is 34.5 Å². The van der Waals surface area contributed by atoms with E-state index < -0.39 is 10.0 Å². The van der Waals surface area contributed by atoms with Crippen LogP contribution in [0.25, 0.3) is 0 Å². The Balaban J connectivity index is 1.91. The summed E-state index contributed by atoms with van der Waals surface area (Å²) in [7, 11) is -2.11. The Kier molecular flexibility index (Phi) is 6.17. The van der Waals surface area contributed by atoms with Crippen LogP contribution in [0, 0.1) is 13.8 Å². The lowest BCUT2D eigenvalue weighted by Crippen LogP contribution is -2.34. The van der Waals surface area contributed by atoms with Gasteiger partial charge in [-0.1, -0.05) is 18.2 Å². The highest BCUT2D eigenvalue weighted by Gasteiger charge is 2.15. The first-order chi connectivity index (χ1) is 11.8. The van der Waals surface area contributed by atoms with Crippen molar-refractivity contribution in [3.8, 4) is 5.75 Å². The van der Waals surface area contributed by atoms with Crippen LogP contribution in [0.1, 0.15) is 21.5 Å². The normalized spacial score (nSPS) is 11.2. The van der Waals surface area contributed by atoms with E-state index in [1.807, 2.05) is 13.8 Å². The Morgan fingerprint density at radius 2 is 1.76 bits per heavy atom. The van der Waals surface area contributed by atoms with Gasteiger partial charge in [-0.15, -0.1) is 0 Å². The monoisotopic (exact) mass is 362 g/mol. The molecule has 1 amide bonds. The fourth-order valence-corrected chi connectivity index (χ4v) is 3.37. The first-order valence-electron chi connectivity index (χ1n) is 7.83. The molecule has 0 fully saturated rings. The summed E-state index contributed by atoms with van der Waals surface area (Å²) in [4.78, 5) is 12.3. The Labute approximate surface area is 148 Å². The van der Waals surface area contributed by atoms with E-state index in [-0.39, 0.29) is 23.9 Å². The number of ether oxygens (including phenoxy) is 1. The molecular formula is C18H22N2O4S. The molecule has 2 rings (SSSR count). The van der Waals surface area contributed by atoms with Crippen LogP contribution in [0.15, 0.2) is 47.4 Å². The summed E-state index contributed by atoms with van der Waals surface area (Å²) in [6.07, 6.45) is 0. The second kappa shape index (κ2) is 8.13. The summed E-state index contributed by atoms with van der Waals surface area (Å²) < 4.78 is 32.2. The highest BCUT2D eigenvalue weighted by Crippen LogP contribution is 2.17. The zero-order valence-electron chi connectivity index (χ0n) is 14.5. The summed E-state index contributed by atoms with van der Waals surface area (Å²) in [6.45, 7) is 4.05. The Bertz CT molecular complexity index is 863. The van der Waals surface area contributed by atoms with Crippen LogP contribution in [0.2, 0.25) is 0 Å². The van der Waals surface area contributed by atoms with Gasteiger partial charge < -0.3 is 10.1 Å². The number of para-hydroxylation sites is 1. The number of rotatable bonds is 7. The van der Waals surface area contributed by atoms with E-state index in [1.54, 1.807) is 42.5 Å². The van der Waals surface area contributed by atoms with Crippen molar-refractivity contribution in [2.45, 2.75) is 18.7 Å². The largest absolute Gasteiger partial charge is 0.496 e. The van der Waals surface area contributed by atoms with Crippen molar-refractivity contribution in [1.29, 1.82) is 0 Å². The number of sulfonamides is 1. The molecule has 25 heavy (non-hydrogen) atoms. The van der Waals surface area contributed by atoms with E-state index in [9.17, 15) is 13.2 Å². The topological polar surface area (TPSA) is 84.5 Å². The molecule has 0 saturated heterocycles. The summed E-state index contributed by atoms with van der Waals surface area (Å²) in [5, 5.41) is 2.67. The third kappa shape index (κ3) is 4.80. The molecule has 0 spiro atoms. The van der Waals surface area contributed by atoms with Gasteiger partial charge in [0.05, 0.1) is 17.6 Å². The van der Waals surface area contributed by atoms with Gasteiger partial charge in [-0.2, -0.15) is 0 Å². The van der Waals surface area contributed by atoms with E-state index in [2.05, 4.69) is 10.0 Å². The van der Waals surface area contributed by atoms with Crippen LogP contribution >= 0.6 is 0 Å². The minimum Gasteiger partial charge on any atom is -0.496 e. The van der Waals surface area contributed by atoms with Crippen molar-refractivity contribution in [2.24, 2.45) is 0 Å². The zero-order valence-corrected chi connectivity index (χ0v) is 15.3. The molecule has 0 aromatic heterocycles. The van der Waals surface area contributed by atoms with Crippen molar-refractivity contribution >= 4 is 15.9 Å². The SMILES string of the molecule is COc1ccccc1C(=O)NCCNS(=O)(=O)c1ccc(C)c(C)c1. The molecule has 2 aromatic rings. The average molecular weight is 362 g/mol. The predicted molar refractivity (Wildman–Crippen MR) is 96.4 cm³/mol. The fraction of sp³-hybridized carbons (Fsp3) is 0.278. The van der Waals surface area contributed by atoms with Gasteiger partial charge in [0.15, 0.2) is 0 Å². The van der Waals surface area contributed by atoms with Gasteiger partial charge in [0.1, 0.15) is 5.75 Å². The molecule has 0 aliphatic rings. The van der Waals surface area contributed by atoms with Gasteiger partial charge in [0.2, 0.25) is 10.0 Å². The van der Waals surface area contributed by atoms with E-state index >= 15 is 0 Å². The molecule has 7 heteroatoms. The van der Waals surface area contributed by atoms with Crippen LogP contribution in [0.3, 0.4) is 0 Å². The fourth-order valence-electron chi connectivity index (χ4n) is 2.25. The third-order valence-electron chi connectivity index (χ3n) is 3.84. The number of aryl methyl sites for hydroxylation is 2. The van der Waals surface area contributed by atoms with Gasteiger partial charge >= 0.3 is 0 Å². The number of carbonyl (C=O) groups excluding carboxylic acids is 1. The van der Waals surface area contributed by atoms with Crippen LogP contribution in [-0.2, 0) is 10.0 Å². The van der Waals surface area contributed by atoms with Crippen molar-refractivity contribution in [1.82, 2.24) is 10.0 Å². The molecule has 0 saturated carbocycles. The molecule has 6 nitrogen and oxygen atoms in total. The number of benzene rings is 2. The molecule has 0 heterocycles. The van der Waals surface area contributed by atoms with E-state index in [0.29, 0.717) is 11.3 Å². The molecule has 0 aliphatic heterocycles. The first-order valence-corrected chi connectivity index (χ1v) is 9.31. The molecule has 2 aromatic carbocycles. The Morgan fingerprint density at radius 3 is 2.44 bits per heavy atom. The summed E-state index contributed by atoms with van der Waals surface area (Å²) in [5.41, 5.74) is 2.34. The minimum absolute atomic E-state index is 0.0934. The lowest BCUT2D eigenvalue weighted by molar-refractivity contribution is 0.0951. The second-order valence-electron chi connectivity index (χ2n) is 5.60. The summed E-state index contributed by atoms with van der Waals surface area (Å²) >= 11 is 0. The molecular weight excluding hydrogens is 340 g/mol. The Hall–Kier alpha value is -2.38. The van der Waals surface area contributed by atoms with Gasteiger partial charge in [0.25, 0.3) is 5.91 Å². The average Bonchev–Trinajstić information content (AvgIpc) is 2.60. The molecule has 0 atom stereocenters. The standard InChI is InChI=1S/C18H22N2O4S/c1-13-8-9-15(12-14(13)2)25(22,23)20-11-10-19-18(21)16-6-4-5-7-17(16)24-3/h4-9,12,20H,10-11H2,1-3H3,(H,19,21). The minimum atomic E-state index is -3.60. The van der Waals surface area contributed by atoms with Crippen molar-refractivity contribution < 1.29 is 17.9 Å². The van der Waals surface area contributed by atoms with Gasteiger partial charge in [-0.3, -0.25) is 4.79 Å². The van der Waals surface area contributed by atoms with E-state index in [0.717, 1.165) is 11.1 Å². The van der Waals surface area contributed by atoms with Crippen molar-refractivity contribution in [3.05, 3.63) is 59.2 Å². The molecule has 2 N–H and O–H groups in total. The molecule has 0 unspecified atom stereocenters. The van der Waals surface area contributed by atoms with Gasteiger partial charge in [0, 0.05) is 13.1 Å². The number of carbonyl (C=O) groups is 1. The predicted octanol–water partition coefficient (Wildman–Crippen LogP) is 2.02. The van der Waals surface area contributed by atoms with Crippen molar-refractivity contribution in [3.63, 3.8) is 0 Å². The number of methoxy groups -OCH3 is 1. The highest BCUT2D eigenvalue weighted by atomic mass is 32.2. The highest BCUT2D eigenvalue weighted by molar-refractivity contribution is 7.89. The molecule has 0 aliphatic carbocycles. The smallest absolute Gasteiger partial charge is 0.255 e. The number of hydrogen-bond donors (Lipinski definition) is 2. The van der Waals surface area contributed by atoms with Crippen LogP contribution in [0.5, 0.6) is 5.75 Å². The molecule has 134 valence electrons. The quantitative estimate of drug-likeness (QED) is 0.738. The first kappa shape index (κ1) is 19.0. The number of hydrogen-bond acceptors (Lipinski definition) is 4. The Morgan fingerprint density at radius 1 is 1.04 bits per heavy atom. The lowest BCUT2D eigenvalue weighted by atomic mass is 10.1. The number of nitrogens with one attached hydrogen (secondary N) is 2. The lowest BCUT2D eigenvalue weighted by Gasteiger charge is -2.11. The van der Waals surface area contributed by atoms with E-state index in [4.69, 9.17) is 4.74 Å². The third-order valence-corrected chi connectivity index (χ3v) is 5.30. The molecule has 0 bridgehead atoms. The maximum Gasteiger partial charge on any atom is 0.255 e. The maximum absolute atomic E-state index is 12.3.